The molecule has 5 N–H and O–H groups in total. The van der Waals surface area contributed by atoms with Gasteiger partial charge in [0.15, 0.2) is 0 Å². The molecule has 36 heavy (non-hydrogen) atoms. The second kappa shape index (κ2) is 9.19. The molecule has 3 heterocycles. The van der Waals surface area contributed by atoms with Crippen molar-refractivity contribution >= 4 is 22.6 Å². The number of aryl methyl sites for hydroxylation is 1. The largest absolute Gasteiger partial charge is 0.494 e. The van der Waals surface area contributed by atoms with Crippen molar-refractivity contribution < 1.29 is 18.3 Å². The number of H-pyrrole nitrogens is 1. The quantitative estimate of drug-likeness (QED) is 0.388. The lowest BCUT2D eigenvalue weighted by Gasteiger charge is -2.35. The first-order valence-corrected chi connectivity index (χ1v) is 11.6. The standard InChI is InChI=1S/C26H26F2N6O2/c1-13-7-14(9-15(27)8-13)18-12-31-23(25(30)35)21(24(18)34-5-3-17(29)4-6-34)26-32-19-10-16(28)11-20(36-2)22(19)33-26/h7-12,17H,3-6,29H2,1-2H3,(H2,30,35)(H,32,33). The van der Waals surface area contributed by atoms with Gasteiger partial charge in [-0.3, -0.25) is 4.79 Å². The van der Waals surface area contributed by atoms with Crippen LogP contribution in [0, 0.1) is 18.6 Å². The molecule has 1 aliphatic heterocycles. The van der Waals surface area contributed by atoms with Gasteiger partial charge in [-0.15, -0.1) is 0 Å². The molecule has 186 valence electrons. The van der Waals surface area contributed by atoms with Gasteiger partial charge in [-0.25, -0.2) is 18.7 Å². The number of rotatable bonds is 5. The highest BCUT2D eigenvalue weighted by molar-refractivity contribution is 6.04. The molecule has 5 rings (SSSR count). The van der Waals surface area contributed by atoms with E-state index >= 15 is 0 Å². The van der Waals surface area contributed by atoms with E-state index in [-0.39, 0.29) is 29.1 Å². The van der Waals surface area contributed by atoms with Crippen molar-refractivity contribution in [3.8, 4) is 28.3 Å². The molecule has 0 spiro atoms. The zero-order valence-electron chi connectivity index (χ0n) is 19.9. The van der Waals surface area contributed by atoms with Crippen LogP contribution in [0.4, 0.5) is 14.5 Å². The molecular weight excluding hydrogens is 466 g/mol. The fraction of sp³-hybridized carbons (Fsp3) is 0.269. The number of halogens is 2. The molecule has 0 atom stereocenters. The summed E-state index contributed by atoms with van der Waals surface area (Å²) in [5, 5.41) is 0. The van der Waals surface area contributed by atoms with Gasteiger partial charge in [0.1, 0.15) is 34.4 Å². The van der Waals surface area contributed by atoms with Gasteiger partial charge >= 0.3 is 0 Å². The fourth-order valence-corrected chi connectivity index (χ4v) is 4.79. The molecule has 1 saturated heterocycles. The van der Waals surface area contributed by atoms with Crippen LogP contribution >= 0.6 is 0 Å². The van der Waals surface area contributed by atoms with E-state index in [4.69, 9.17) is 16.2 Å². The van der Waals surface area contributed by atoms with Crippen molar-refractivity contribution in [3.63, 3.8) is 0 Å². The van der Waals surface area contributed by atoms with E-state index in [2.05, 4.69) is 19.9 Å². The van der Waals surface area contributed by atoms with E-state index in [0.717, 1.165) is 18.4 Å². The van der Waals surface area contributed by atoms with Gasteiger partial charge in [-0.2, -0.15) is 0 Å². The van der Waals surface area contributed by atoms with Gasteiger partial charge in [0, 0.05) is 37.0 Å². The summed E-state index contributed by atoms with van der Waals surface area (Å²) < 4.78 is 34.0. The number of benzene rings is 2. The number of nitrogens with zero attached hydrogens (tertiary/aromatic N) is 3. The summed E-state index contributed by atoms with van der Waals surface area (Å²) in [6.07, 6.45) is 2.99. The molecule has 8 nitrogen and oxygen atoms in total. The first kappa shape index (κ1) is 23.7. The maximum Gasteiger partial charge on any atom is 0.268 e. The van der Waals surface area contributed by atoms with Crippen molar-refractivity contribution in [2.45, 2.75) is 25.8 Å². The number of fused-ring (bicyclic) bond motifs is 1. The van der Waals surface area contributed by atoms with Crippen molar-refractivity contribution in [1.29, 1.82) is 0 Å². The minimum Gasteiger partial charge on any atom is -0.494 e. The molecule has 2 aromatic heterocycles. The summed E-state index contributed by atoms with van der Waals surface area (Å²) in [7, 11) is 1.42. The number of aromatic amines is 1. The summed E-state index contributed by atoms with van der Waals surface area (Å²) in [5.74, 6) is -1.13. The zero-order chi connectivity index (χ0) is 25.6. The third-order valence-corrected chi connectivity index (χ3v) is 6.47. The van der Waals surface area contributed by atoms with E-state index in [1.165, 1.54) is 37.6 Å². The minimum absolute atomic E-state index is 0.00441. The lowest BCUT2D eigenvalue weighted by molar-refractivity contribution is 0.0996. The summed E-state index contributed by atoms with van der Waals surface area (Å²) >= 11 is 0. The summed E-state index contributed by atoms with van der Waals surface area (Å²) in [6, 6.07) is 7.30. The number of hydrogen-bond acceptors (Lipinski definition) is 6. The maximum atomic E-state index is 14.4. The highest BCUT2D eigenvalue weighted by Crippen LogP contribution is 2.42. The van der Waals surface area contributed by atoms with Crippen LogP contribution in [-0.2, 0) is 0 Å². The van der Waals surface area contributed by atoms with Crippen LogP contribution < -0.4 is 21.1 Å². The van der Waals surface area contributed by atoms with Crippen LogP contribution in [0.25, 0.3) is 33.5 Å². The number of primary amides is 1. The molecule has 0 radical (unpaired) electrons. The SMILES string of the molecule is COc1cc(F)cc2[nH]c(-c3c(C(N)=O)ncc(-c4cc(C)cc(F)c4)c3N3CCC(N)CC3)nc12. The molecular formula is C26H26F2N6O2. The van der Waals surface area contributed by atoms with Crippen LogP contribution in [0.1, 0.15) is 28.9 Å². The van der Waals surface area contributed by atoms with Gasteiger partial charge in [-0.05, 0) is 49.1 Å². The lowest BCUT2D eigenvalue weighted by atomic mass is 9.95. The maximum absolute atomic E-state index is 14.4. The average molecular weight is 493 g/mol. The van der Waals surface area contributed by atoms with E-state index < -0.39 is 11.7 Å². The Morgan fingerprint density at radius 3 is 2.53 bits per heavy atom. The van der Waals surface area contributed by atoms with Gasteiger partial charge in [0.05, 0.1) is 23.9 Å². The molecule has 1 fully saturated rings. The number of ether oxygens (including phenoxy) is 1. The number of piperidine rings is 1. The zero-order valence-corrected chi connectivity index (χ0v) is 19.9. The number of carbonyl (C=O) groups excluding carboxylic acids is 1. The number of amides is 1. The Morgan fingerprint density at radius 2 is 1.86 bits per heavy atom. The number of imidazole rings is 1. The second-order valence-corrected chi connectivity index (χ2v) is 9.04. The van der Waals surface area contributed by atoms with Crippen LogP contribution in [0.5, 0.6) is 5.75 Å². The number of methoxy groups -OCH3 is 1. The van der Waals surface area contributed by atoms with Crippen LogP contribution in [0.15, 0.2) is 36.5 Å². The number of nitrogens with two attached hydrogens (primary N) is 2. The lowest BCUT2D eigenvalue weighted by Crippen LogP contribution is -2.40. The van der Waals surface area contributed by atoms with Crippen molar-refractivity contribution in [1.82, 2.24) is 15.0 Å². The normalized spacial score (nSPS) is 14.4. The van der Waals surface area contributed by atoms with Crippen LogP contribution in [0.2, 0.25) is 0 Å². The van der Waals surface area contributed by atoms with Gasteiger partial charge < -0.3 is 26.1 Å². The van der Waals surface area contributed by atoms with E-state index in [9.17, 15) is 13.6 Å². The Kier molecular flexibility index (Phi) is 6.05. The third-order valence-electron chi connectivity index (χ3n) is 6.47. The van der Waals surface area contributed by atoms with Crippen LogP contribution in [0.3, 0.4) is 0 Å². The average Bonchev–Trinajstić information content (AvgIpc) is 3.26. The van der Waals surface area contributed by atoms with Gasteiger partial charge in [0.2, 0.25) is 0 Å². The third kappa shape index (κ3) is 4.24. The van der Waals surface area contributed by atoms with Crippen molar-refractivity contribution in [3.05, 3.63) is 59.4 Å². The number of carbonyl (C=O) groups is 1. The van der Waals surface area contributed by atoms with E-state index in [0.29, 0.717) is 46.5 Å². The Balaban J connectivity index is 1.83. The topological polar surface area (TPSA) is 123 Å². The number of nitrogens with one attached hydrogen (secondary N) is 1. The number of pyridine rings is 1. The molecule has 2 aromatic carbocycles. The molecule has 0 bridgehead atoms. The Labute approximate surface area is 206 Å². The molecule has 1 aliphatic rings. The Morgan fingerprint density at radius 1 is 1.14 bits per heavy atom. The molecule has 10 heteroatoms. The minimum atomic E-state index is -0.750. The predicted molar refractivity (Wildman–Crippen MR) is 134 cm³/mol. The summed E-state index contributed by atoms with van der Waals surface area (Å²) in [4.78, 5) is 26.8. The molecule has 0 aliphatic carbocycles. The van der Waals surface area contributed by atoms with E-state index in [1.807, 2.05) is 6.07 Å². The Bertz CT molecular complexity index is 1460. The van der Waals surface area contributed by atoms with Crippen molar-refractivity contribution in [2.75, 3.05) is 25.1 Å². The van der Waals surface area contributed by atoms with Crippen molar-refractivity contribution in [2.24, 2.45) is 11.5 Å². The van der Waals surface area contributed by atoms with Crippen LogP contribution in [-0.4, -0.2) is 47.1 Å². The monoisotopic (exact) mass is 492 g/mol. The first-order chi connectivity index (χ1) is 17.2. The molecule has 0 saturated carbocycles. The smallest absolute Gasteiger partial charge is 0.268 e. The highest BCUT2D eigenvalue weighted by atomic mass is 19.1. The predicted octanol–water partition coefficient (Wildman–Crippen LogP) is 3.91. The first-order valence-electron chi connectivity index (χ1n) is 11.6. The van der Waals surface area contributed by atoms with Gasteiger partial charge in [-0.1, -0.05) is 6.07 Å². The highest BCUT2D eigenvalue weighted by Gasteiger charge is 2.29. The number of hydrogen-bond donors (Lipinski definition) is 3. The fourth-order valence-electron chi connectivity index (χ4n) is 4.79. The number of anilines is 1. The summed E-state index contributed by atoms with van der Waals surface area (Å²) in [6.45, 7) is 3.02. The summed E-state index contributed by atoms with van der Waals surface area (Å²) in [5.41, 5.74) is 15.6. The molecule has 4 aromatic rings. The number of aromatic nitrogens is 3. The Hall–Kier alpha value is -4.05. The van der Waals surface area contributed by atoms with Gasteiger partial charge in [0.25, 0.3) is 5.91 Å². The molecule has 0 unspecified atom stereocenters. The molecule has 1 amide bonds. The second-order valence-electron chi connectivity index (χ2n) is 9.04. The van der Waals surface area contributed by atoms with E-state index in [1.54, 1.807) is 6.92 Å².